The molecule has 1 aromatic heterocycles. The highest BCUT2D eigenvalue weighted by Crippen LogP contribution is 2.27. The van der Waals surface area contributed by atoms with Crippen LogP contribution in [0.1, 0.15) is 12.7 Å². The molecule has 6 heteroatoms. The molecule has 1 heterocycles. The van der Waals surface area contributed by atoms with Crippen molar-refractivity contribution in [1.29, 1.82) is 0 Å². The molecule has 0 aliphatic rings. The molecule has 2 aromatic rings. The third kappa shape index (κ3) is 4.45. The predicted molar refractivity (Wildman–Crippen MR) is 72.9 cm³/mol. The zero-order valence-electron chi connectivity index (χ0n) is 10.3. The van der Waals surface area contributed by atoms with Crippen LogP contribution in [-0.4, -0.2) is 16.6 Å². The molecule has 0 aliphatic carbocycles. The van der Waals surface area contributed by atoms with Gasteiger partial charge in [0.15, 0.2) is 5.82 Å². The molecule has 2 rings (SSSR count). The van der Waals surface area contributed by atoms with Crippen LogP contribution >= 0.6 is 23.4 Å². The van der Waals surface area contributed by atoms with Crippen molar-refractivity contribution in [2.45, 2.75) is 23.5 Å². The molecule has 0 spiro atoms. The summed E-state index contributed by atoms with van der Waals surface area (Å²) in [6.45, 7) is 2.79. The molecule has 0 unspecified atom stereocenters. The fourth-order valence-electron chi connectivity index (χ4n) is 1.40. The molecule has 0 aliphatic heterocycles. The second-order valence-electron chi connectivity index (χ2n) is 3.64. The minimum absolute atomic E-state index is 0.278. The lowest BCUT2D eigenvalue weighted by Crippen LogP contribution is -2.00. The second-order valence-corrected chi connectivity index (χ2v) is 5.12. The summed E-state index contributed by atoms with van der Waals surface area (Å²) in [6, 6.07) is 7.96. The van der Waals surface area contributed by atoms with Crippen LogP contribution in [-0.2, 0) is 11.3 Å². The smallest absolute Gasteiger partial charge is 0.157 e. The second kappa shape index (κ2) is 6.84. The molecule has 0 fully saturated rings. The van der Waals surface area contributed by atoms with E-state index in [9.17, 15) is 4.39 Å². The fourth-order valence-corrected chi connectivity index (χ4v) is 2.55. The Hall–Kier alpha value is -1.17. The van der Waals surface area contributed by atoms with E-state index in [4.69, 9.17) is 16.3 Å². The molecular formula is C13H12ClFN2OS. The quantitative estimate of drug-likeness (QED) is 0.783. The third-order valence-corrected chi connectivity index (χ3v) is 3.27. The first-order valence-corrected chi connectivity index (χ1v) is 6.91. The third-order valence-electron chi connectivity index (χ3n) is 2.17. The Kier molecular flexibility index (Phi) is 5.13. The van der Waals surface area contributed by atoms with Gasteiger partial charge in [-0.2, -0.15) is 0 Å². The van der Waals surface area contributed by atoms with E-state index in [1.54, 1.807) is 12.1 Å². The van der Waals surface area contributed by atoms with Crippen molar-refractivity contribution >= 4 is 23.4 Å². The minimum atomic E-state index is -0.278. The highest BCUT2D eigenvalue weighted by atomic mass is 35.5. The molecule has 0 N–H and O–H groups in total. The number of hydrogen-bond donors (Lipinski definition) is 0. The summed E-state index contributed by atoms with van der Waals surface area (Å²) in [6.07, 6.45) is 0. The van der Waals surface area contributed by atoms with Crippen molar-refractivity contribution in [3.63, 3.8) is 0 Å². The van der Waals surface area contributed by atoms with Crippen LogP contribution in [0, 0.1) is 5.82 Å². The van der Waals surface area contributed by atoms with Gasteiger partial charge in [0.05, 0.1) is 0 Å². The lowest BCUT2D eigenvalue weighted by atomic mass is 10.4. The molecule has 0 radical (unpaired) electrons. The number of rotatable bonds is 5. The monoisotopic (exact) mass is 298 g/mol. The van der Waals surface area contributed by atoms with E-state index in [1.807, 2.05) is 13.0 Å². The molecule has 19 heavy (non-hydrogen) atoms. The van der Waals surface area contributed by atoms with Crippen molar-refractivity contribution < 1.29 is 9.13 Å². The maximum absolute atomic E-state index is 13.1. The van der Waals surface area contributed by atoms with E-state index in [0.717, 1.165) is 4.90 Å². The largest absolute Gasteiger partial charge is 0.374 e. The molecule has 0 amide bonds. The van der Waals surface area contributed by atoms with E-state index in [2.05, 4.69) is 9.97 Å². The zero-order chi connectivity index (χ0) is 13.7. The van der Waals surface area contributed by atoms with Crippen LogP contribution in [0.4, 0.5) is 4.39 Å². The average molecular weight is 299 g/mol. The predicted octanol–water partition coefficient (Wildman–Crippen LogP) is 3.96. The topological polar surface area (TPSA) is 35.0 Å². The van der Waals surface area contributed by atoms with Gasteiger partial charge in [-0.15, -0.1) is 0 Å². The van der Waals surface area contributed by atoms with Gasteiger partial charge in [0.1, 0.15) is 22.6 Å². The van der Waals surface area contributed by atoms with Crippen molar-refractivity contribution in [2.75, 3.05) is 6.61 Å². The zero-order valence-corrected chi connectivity index (χ0v) is 11.8. The maximum atomic E-state index is 13.1. The van der Waals surface area contributed by atoms with Gasteiger partial charge < -0.3 is 4.74 Å². The van der Waals surface area contributed by atoms with Gasteiger partial charge in [0, 0.05) is 17.6 Å². The Labute approximate surface area is 120 Å². The van der Waals surface area contributed by atoms with Crippen molar-refractivity contribution in [3.05, 3.63) is 47.1 Å². The van der Waals surface area contributed by atoms with Gasteiger partial charge in [-0.3, -0.25) is 0 Å². The lowest BCUT2D eigenvalue weighted by Gasteiger charge is -2.05. The normalized spacial score (nSPS) is 10.7. The number of halogens is 2. The van der Waals surface area contributed by atoms with Gasteiger partial charge in [-0.1, -0.05) is 29.4 Å². The Balaban J connectivity index is 2.17. The number of aromatic nitrogens is 2. The first kappa shape index (κ1) is 14.2. The molecule has 100 valence electrons. The van der Waals surface area contributed by atoms with E-state index < -0.39 is 0 Å². The Morgan fingerprint density at radius 1 is 1.32 bits per heavy atom. The summed E-state index contributed by atoms with van der Waals surface area (Å²) in [4.78, 5) is 9.15. The first-order chi connectivity index (χ1) is 9.17. The van der Waals surface area contributed by atoms with Crippen LogP contribution in [0.2, 0.25) is 5.15 Å². The molecule has 1 aromatic carbocycles. The van der Waals surface area contributed by atoms with E-state index in [0.29, 0.717) is 29.2 Å². The van der Waals surface area contributed by atoms with Crippen LogP contribution in [0.25, 0.3) is 0 Å². The summed E-state index contributed by atoms with van der Waals surface area (Å²) < 4.78 is 18.3. The van der Waals surface area contributed by atoms with E-state index in [1.165, 1.54) is 23.9 Å². The van der Waals surface area contributed by atoms with Crippen molar-refractivity contribution in [1.82, 2.24) is 9.97 Å². The van der Waals surface area contributed by atoms with Gasteiger partial charge in [0.2, 0.25) is 0 Å². The summed E-state index contributed by atoms with van der Waals surface area (Å²) in [7, 11) is 0. The van der Waals surface area contributed by atoms with E-state index >= 15 is 0 Å². The van der Waals surface area contributed by atoms with Crippen molar-refractivity contribution in [3.8, 4) is 0 Å². The van der Waals surface area contributed by atoms with Gasteiger partial charge in [0.25, 0.3) is 0 Å². The summed E-state index contributed by atoms with van der Waals surface area (Å²) >= 11 is 7.26. The van der Waals surface area contributed by atoms with Crippen LogP contribution in [0.3, 0.4) is 0 Å². The Morgan fingerprint density at radius 3 is 2.89 bits per heavy atom. The first-order valence-electron chi connectivity index (χ1n) is 5.72. The van der Waals surface area contributed by atoms with Gasteiger partial charge in [-0.05, 0) is 25.1 Å². The molecule has 0 saturated heterocycles. The van der Waals surface area contributed by atoms with Gasteiger partial charge >= 0.3 is 0 Å². The van der Waals surface area contributed by atoms with Gasteiger partial charge in [-0.25, -0.2) is 14.4 Å². The summed E-state index contributed by atoms with van der Waals surface area (Å²) in [5, 5.41) is 1.02. The molecule has 0 atom stereocenters. The summed E-state index contributed by atoms with van der Waals surface area (Å²) in [5.74, 6) is 0.243. The SMILES string of the molecule is CCOCc1nc(Cl)cc(Sc2cccc(F)c2)n1. The molecule has 0 bridgehead atoms. The average Bonchev–Trinajstić information content (AvgIpc) is 2.35. The summed E-state index contributed by atoms with van der Waals surface area (Å²) in [5.41, 5.74) is 0. The molecular weight excluding hydrogens is 287 g/mol. The van der Waals surface area contributed by atoms with E-state index in [-0.39, 0.29) is 5.82 Å². The number of nitrogens with zero attached hydrogens (tertiary/aromatic N) is 2. The number of benzene rings is 1. The Bertz CT molecular complexity index is 568. The Morgan fingerprint density at radius 2 is 2.16 bits per heavy atom. The lowest BCUT2D eigenvalue weighted by molar-refractivity contribution is 0.128. The molecule has 3 nitrogen and oxygen atoms in total. The number of ether oxygens (including phenoxy) is 1. The minimum Gasteiger partial charge on any atom is -0.374 e. The maximum Gasteiger partial charge on any atom is 0.157 e. The standard InChI is InChI=1S/C13H12ClFN2OS/c1-2-18-8-12-16-11(14)7-13(17-12)19-10-5-3-4-9(15)6-10/h3-7H,2,8H2,1H3. The molecule has 0 saturated carbocycles. The van der Waals surface area contributed by atoms with Crippen molar-refractivity contribution in [2.24, 2.45) is 0 Å². The highest BCUT2D eigenvalue weighted by Gasteiger charge is 2.06. The van der Waals surface area contributed by atoms with Crippen LogP contribution in [0.15, 0.2) is 40.3 Å². The fraction of sp³-hybridized carbons (Fsp3) is 0.231. The van der Waals surface area contributed by atoms with Crippen LogP contribution < -0.4 is 0 Å². The number of hydrogen-bond acceptors (Lipinski definition) is 4. The van der Waals surface area contributed by atoms with Crippen LogP contribution in [0.5, 0.6) is 0 Å². The highest BCUT2D eigenvalue weighted by molar-refractivity contribution is 7.99.